The molecule has 0 aromatic rings. The molecule has 21 heavy (non-hydrogen) atoms. The van der Waals surface area contributed by atoms with Crippen LogP contribution in [-0.2, 0) is 4.74 Å². The molecular formula is C19H37NO. The topological polar surface area (TPSA) is 21.3 Å². The van der Waals surface area contributed by atoms with Crippen LogP contribution < -0.4 is 5.32 Å². The van der Waals surface area contributed by atoms with Gasteiger partial charge in [0.25, 0.3) is 0 Å². The molecule has 0 heterocycles. The lowest BCUT2D eigenvalue weighted by Gasteiger charge is -2.39. The van der Waals surface area contributed by atoms with Gasteiger partial charge in [-0.05, 0) is 31.6 Å². The molecule has 0 spiro atoms. The predicted octanol–water partition coefficient (Wildman–Crippen LogP) is 5.17. The molecule has 124 valence electrons. The molecule has 1 N–H and O–H groups in total. The lowest BCUT2D eigenvalue weighted by atomic mass is 9.68. The van der Waals surface area contributed by atoms with Crippen molar-refractivity contribution in [3.8, 4) is 0 Å². The Hall–Kier alpha value is -0.760. The number of allylic oxidation sites excluding steroid dienone is 2. The first-order chi connectivity index (χ1) is 9.40. The van der Waals surface area contributed by atoms with Crippen molar-refractivity contribution in [3.63, 3.8) is 0 Å². The molecule has 0 aliphatic rings. The Balaban J connectivity index is 4.52. The third-order valence-electron chi connectivity index (χ3n) is 4.16. The van der Waals surface area contributed by atoms with Gasteiger partial charge >= 0.3 is 0 Å². The van der Waals surface area contributed by atoms with E-state index in [1.54, 1.807) is 0 Å². The summed E-state index contributed by atoms with van der Waals surface area (Å²) < 4.78 is 5.56. The fourth-order valence-corrected chi connectivity index (χ4v) is 2.84. The van der Waals surface area contributed by atoms with Crippen molar-refractivity contribution in [2.24, 2.45) is 16.7 Å². The SMILES string of the molecule is C=C(NCCOC(C)C)C(C)(C)CC(C)(C)C(=C)C(C)C. The highest BCUT2D eigenvalue weighted by atomic mass is 16.5. The van der Waals surface area contributed by atoms with Crippen molar-refractivity contribution in [2.75, 3.05) is 13.2 Å². The van der Waals surface area contributed by atoms with Crippen molar-refractivity contribution in [1.29, 1.82) is 0 Å². The van der Waals surface area contributed by atoms with E-state index in [4.69, 9.17) is 4.74 Å². The third-order valence-corrected chi connectivity index (χ3v) is 4.16. The summed E-state index contributed by atoms with van der Waals surface area (Å²) in [5, 5.41) is 3.42. The van der Waals surface area contributed by atoms with Gasteiger partial charge in [-0.3, -0.25) is 0 Å². The van der Waals surface area contributed by atoms with Crippen molar-refractivity contribution < 1.29 is 4.74 Å². The van der Waals surface area contributed by atoms with E-state index in [1.807, 2.05) is 0 Å². The molecule has 2 nitrogen and oxygen atoms in total. The van der Waals surface area contributed by atoms with Gasteiger partial charge in [-0.1, -0.05) is 60.3 Å². The van der Waals surface area contributed by atoms with Crippen LogP contribution in [0.25, 0.3) is 0 Å². The average Bonchev–Trinajstić information content (AvgIpc) is 2.31. The lowest BCUT2D eigenvalue weighted by molar-refractivity contribution is 0.0809. The molecule has 0 saturated heterocycles. The third kappa shape index (κ3) is 7.17. The monoisotopic (exact) mass is 295 g/mol. The Kier molecular flexibility index (Phi) is 7.74. The first-order valence-corrected chi connectivity index (χ1v) is 8.14. The summed E-state index contributed by atoms with van der Waals surface area (Å²) in [5.41, 5.74) is 2.53. The van der Waals surface area contributed by atoms with Gasteiger partial charge in [0.1, 0.15) is 0 Å². The van der Waals surface area contributed by atoms with E-state index in [2.05, 4.69) is 73.9 Å². The second-order valence-corrected chi connectivity index (χ2v) is 7.95. The van der Waals surface area contributed by atoms with Crippen LogP contribution in [0.15, 0.2) is 24.4 Å². The van der Waals surface area contributed by atoms with Crippen LogP contribution in [0.4, 0.5) is 0 Å². The Morgan fingerprint density at radius 1 is 1.00 bits per heavy atom. The summed E-state index contributed by atoms with van der Waals surface area (Å²) in [6.07, 6.45) is 1.31. The van der Waals surface area contributed by atoms with Gasteiger partial charge in [-0.25, -0.2) is 0 Å². The fourth-order valence-electron chi connectivity index (χ4n) is 2.84. The molecule has 0 aromatic heterocycles. The minimum atomic E-state index is 0.0269. The van der Waals surface area contributed by atoms with Crippen LogP contribution >= 0.6 is 0 Å². The number of rotatable bonds is 10. The Bertz CT molecular complexity index is 351. The molecule has 0 aromatic carbocycles. The van der Waals surface area contributed by atoms with Crippen LogP contribution in [-0.4, -0.2) is 19.3 Å². The largest absolute Gasteiger partial charge is 0.386 e. The molecule has 0 rings (SSSR count). The molecule has 0 aliphatic carbocycles. The van der Waals surface area contributed by atoms with E-state index < -0.39 is 0 Å². The van der Waals surface area contributed by atoms with Crippen LogP contribution in [0, 0.1) is 16.7 Å². The normalized spacial score (nSPS) is 12.9. The average molecular weight is 296 g/mol. The highest BCUT2D eigenvalue weighted by Crippen LogP contribution is 2.43. The molecule has 0 unspecified atom stereocenters. The molecule has 2 heteroatoms. The lowest BCUT2D eigenvalue weighted by Crippen LogP contribution is -2.34. The van der Waals surface area contributed by atoms with Gasteiger partial charge in [-0.2, -0.15) is 0 Å². The smallest absolute Gasteiger partial charge is 0.0642 e. The van der Waals surface area contributed by atoms with E-state index >= 15 is 0 Å². The summed E-state index contributed by atoms with van der Waals surface area (Å²) in [7, 11) is 0. The van der Waals surface area contributed by atoms with Crippen LogP contribution in [0.2, 0.25) is 0 Å². The predicted molar refractivity (Wildman–Crippen MR) is 94.4 cm³/mol. The van der Waals surface area contributed by atoms with Crippen LogP contribution in [0.3, 0.4) is 0 Å². The molecular weight excluding hydrogens is 258 g/mol. The maximum Gasteiger partial charge on any atom is 0.0642 e. The van der Waals surface area contributed by atoms with E-state index in [-0.39, 0.29) is 16.9 Å². The molecule has 0 radical (unpaired) electrons. The van der Waals surface area contributed by atoms with E-state index in [0.29, 0.717) is 5.92 Å². The van der Waals surface area contributed by atoms with Crippen molar-refractivity contribution in [2.45, 2.75) is 67.9 Å². The van der Waals surface area contributed by atoms with Gasteiger partial charge in [0, 0.05) is 17.7 Å². The van der Waals surface area contributed by atoms with Crippen LogP contribution in [0.1, 0.15) is 61.8 Å². The molecule has 0 amide bonds. The van der Waals surface area contributed by atoms with Crippen LogP contribution in [0.5, 0.6) is 0 Å². The summed E-state index contributed by atoms with van der Waals surface area (Å²) in [5.74, 6) is 0.511. The molecule has 0 atom stereocenters. The highest BCUT2D eigenvalue weighted by Gasteiger charge is 2.33. The Labute approximate surface area is 133 Å². The summed E-state index contributed by atoms with van der Waals surface area (Å²) in [4.78, 5) is 0. The van der Waals surface area contributed by atoms with Crippen molar-refractivity contribution in [1.82, 2.24) is 5.32 Å². The zero-order valence-electron chi connectivity index (χ0n) is 15.6. The van der Waals surface area contributed by atoms with Gasteiger partial charge < -0.3 is 10.1 Å². The molecule has 0 saturated carbocycles. The number of hydrogen-bond acceptors (Lipinski definition) is 2. The minimum absolute atomic E-state index is 0.0269. The number of hydrogen-bond donors (Lipinski definition) is 1. The molecule has 0 aliphatic heterocycles. The summed E-state index contributed by atoms with van der Waals surface area (Å²) >= 11 is 0. The van der Waals surface area contributed by atoms with Gasteiger partial charge in [-0.15, -0.1) is 0 Å². The Morgan fingerprint density at radius 2 is 1.52 bits per heavy atom. The van der Waals surface area contributed by atoms with E-state index in [1.165, 1.54) is 5.57 Å². The van der Waals surface area contributed by atoms with Gasteiger partial charge in [0.05, 0.1) is 12.7 Å². The fraction of sp³-hybridized carbons (Fsp3) is 0.789. The first kappa shape index (κ1) is 20.2. The second kappa shape index (κ2) is 8.03. The number of nitrogens with one attached hydrogen (secondary N) is 1. The summed E-state index contributed by atoms with van der Waals surface area (Å²) in [6.45, 7) is 27.7. The van der Waals surface area contributed by atoms with E-state index in [9.17, 15) is 0 Å². The maximum absolute atomic E-state index is 5.56. The van der Waals surface area contributed by atoms with E-state index in [0.717, 1.165) is 25.3 Å². The summed E-state index contributed by atoms with van der Waals surface area (Å²) in [6, 6.07) is 0. The maximum atomic E-state index is 5.56. The van der Waals surface area contributed by atoms with Crippen molar-refractivity contribution in [3.05, 3.63) is 24.4 Å². The number of ether oxygens (including phenoxy) is 1. The first-order valence-electron chi connectivity index (χ1n) is 8.14. The highest BCUT2D eigenvalue weighted by molar-refractivity contribution is 5.15. The Morgan fingerprint density at radius 3 is 1.95 bits per heavy atom. The zero-order valence-corrected chi connectivity index (χ0v) is 15.6. The quantitative estimate of drug-likeness (QED) is 0.443. The zero-order chi connectivity index (χ0) is 16.8. The molecule has 0 fully saturated rings. The second-order valence-electron chi connectivity index (χ2n) is 7.95. The van der Waals surface area contributed by atoms with Gasteiger partial charge in [0.15, 0.2) is 0 Å². The molecule has 0 bridgehead atoms. The van der Waals surface area contributed by atoms with Crippen molar-refractivity contribution >= 4 is 0 Å². The standard InChI is InChI=1S/C19H37NO/c1-14(2)16(5)18(7,8)13-19(9,10)17(6)20-11-12-21-15(3)4/h14-15,20H,5-6,11-13H2,1-4,7-10H3. The minimum Gasteiger partial charge on any atom is -0.386 e. The van der Waals surface area contributed by atoms with Gasteiger partial charge in [0.2, 0.25) is 0 Å².